The number of ether oxygens (including phenoxy) is 1. The lowest BCUT2D eigenvalue weighted by molar-refractivity contribution is -0.154. The molecule has 6 heteroatoms. The van der Waals surface area contributed by atoms with E-state index < -0.39 is 24.0 Å². The molecule has 0 aromatic rings. The number of rotatable bonds is 1. The van der Waals surface area contributed by atoms with E-state index in [1.54, 1.807) is 0 Å². The van der Waals surface area contributed by atoms with E-state index in [1.165, 1.54) is 7.11 Å². The first-order valence-corrected chi connectivity index (χ1v) is 2.95. The molecule has 0 spiro atoms. The van der Waals surface area contributed by atoms with E-state index in [-0.39, 0.29) is 0 Å². The molecular formula is C5H8N2O4. The van der Waals surface area contributed by atoms with Gasteiger partial charge in [-0.05, 0) is 0 Å². The molecule has 3 N–H and O–H groups in total. The zero-order valence-corrected chi connectivity index (χ0v) is 5.87. The Bertz CT molecular complexity index is 193. The maximum Gasteiger partial charge on any atom is 0.339 e. The number of carbonyl (C=O) groups is 2. The first-order valence-electron chi connectivity index (χ1n) is 2.95. The average Bonchev–Trinajstić information content (AvgIpc) is 2.32. The van der Waals surface area contributed by atoms with E-state index in [0.29, 0.717) is 0 Å². The first kappa shape index (κ1) is 7.96. The Balaban J connectivity index is 2.61. The van der Waals surface area contributed by atoms with Gasteiger partial charge in [0.15, 0.2) is 0 Å². The van der Waals surface area contributed by atoms with Crippen molar-refractivity contribution in [1.82, 2.24) is 5.48 Å². The Labute approximate surface area is 62.6 Å². The second kappa shape index (κ2) is 2.85. The predicted molar refractivity (Wildman–Crippen MR) is 33.0 cm³/mol. The van der Waals surface area contributed by atoms with E-state index in [4.69, 9.17) is 5.73 Å². The molecule has 1 amide bonds. The predicted octanol–water partition coefficient (Wildman–Crippen LogP) is -2.08. The lowest BCUT2D eigenvalue weighted by Gasteiger charge is -2.06. The van der Waals surface area contributed by atoms with Gasteiger partial charge in [-0.15, -0.1) is 0 Å². The SMILES string of the molecule is COC(=O)C1ONC(=O)C1N. The summed E-state index contributed by atoms with van der Waals surface area (Å²) in [4.78, 5) is 25.9. The fourth-order valence-electron chi connectivity index (χ4n) is 0.711. The molecule has 0 aromatic carbocycles. The summed E-state index contributed by atoms with van der Waals surface area (Å²) in [7, 11) is 1.20. The molecule has 0 radical (unpaired) electrons. The third-order valence-corrected chi connectivity index (χ3v) is 1.35. The molecule has 0 aromatic heterocycles. The third kappa shape index (κ3) is 1.31. The van der Waals surface area contributed by atoms with Crippen LogP contribution in [-0.4, -0.2) is 31.1 Å². The molecule has 6 nitrogen and oxygen atoms in total. The second-order valence-electron chi connectivity index (χ2n) is 2.05. The van der Waals surface area contributed by atoms with Gasteiger partial charge in [-0.25, -0.2) is 10.3 Å². The Hall–Kier alpha value is -1.14. The van der Waals surface area contributed by atoms with Crippen molar-refractivity contribution in [2.75, 3.05) is 7.11 Å². The van der Waals surface area contributed by atoms with Crippen LogP contribution in [0.2, 0.25) is 0 Å². The highest BCUT2D eigenvalue weighted by molar-refractivity contribution is 5.91. The summed E-state index contributed by atoms with van der Waals surface area (Å²) in [6.45, 7) is 0. The van der Waals surface area contributed by atoms with E-state index >= 15 is 0 Å². The minimum Gasteiger partial charge on any atom is -0.467 e. The molecule has 1 aliphatic rings. The van der Waals surface area contributed by atoms with Crippen LogP contribution in [0.25, 0.3) is 0 Å². The summed E-state index contributed by atoms with van der Waals surface area (Å²) in [5.41, 5.74) is 7.23. The zero-order valence-electron chi connectivity index (χ0n) is 5.87. The molecule has 1 aliphatic heterocycles. The maximum atomic E-state index is 10.8. The largest absolute Gasteiger partial charge is 0.467 e. The van der Waals surface area contributed by atoms with Crippen molar-refractivity contribution in [3.63, 3.8) is 0 Å². The molecular weight excluding hydrogens is 152 g/mol. The van der Waals surface area contributed by atoms with Crippen molar-refractivity contribution in [3.8, 4) is 0 Å². The molecule has 62 valence electrons. The summed E-state index contributed by atoms with van der Waals surface area (Å²) in [6, 6.07) is -0.970. The van der Waals surface area contributed by atoms with Crippen LogP contribution in [0.5, 0.6) is 0 Å². The first-order chi connectivity index (χ1) is 5.16. The summed E-state index contributed by atoms with van der Waals surface area (Å²) in [5, 5.41) is 0. The van der Waals surface area contributed by atoms with Gasteiger partial charge in [-0.3, -0.25) is 9.63 Å². The number of hydroxylamine groups is 1. The third-order valence-electron chi connectivity index (χ3n) is 1.35. The van der Waals surface area contributed by atoms with E-state index in [9.17, 15) is 9.59 Å². The minimum atomic E-state index is -1.02. The van der Waals surface area contributed by atoms with Gasteiger partial charge in [0.2, 0.25) is 6.10 Å². The van der Waals surface area contributed by atoms with Crippen molar-refractivity contribution >= 4 is 11.9 Å². The number of nitrogens with two attached hydrogens (primary N) is 1. The van der Waals surface area contributed by atoms with Crippen molar-refractivity contribution in [1.29, 1.82) is 0 Å². The van der Waals surface area contributed by atoms with Gasteiger partial charge in [0.05, 0.1) is 7.11 Å². The van der Waals surface area contributed by atoms with Crippen LogP contribution in [0.15, 0.2) is 0 Å². The number of methoxy groups -OCH3 is 1. The summed E-state index contributed by atoms with van der Waals surface area (Å²) >= 11 is 0. The fourth-order valence-corrected chi connectivity index (χ4v) is 0.711. The number of hydrogen-bond donors (Lipinski definition) is 2. The van der Waals surface area contributed by atoms with Gasteiger partial charge in [-0.2, -0.15) is 0 Å². The number of esters is 1. The molecule has 1 rings (SSSR count). The van der Waals surface area contributed by atoms with Gasteiger partial charge < -0.3 is 10.5 Å². The maximum absolute atomic E-state index is 10.8. The quantitative estimate of drug-likeness (QED) is 0.429. The van der Waals surface area contributed by atoms with Crippen LogP contribution >= 0.6 is 0 Å². The van der Waals surface area contributed by atoms with Crippen molar-refractivity contribution in [3.05, 3.63) is 0 Å². The van der Waals surface area contributed by atoms with Crippen LogP contribution in [0.1, 0.15) is 0 Å². The number of hydrogen-bond acceptors (Lipinski definition) is 5. The van der Waals surface area contributed by atoms with Crippen LogP contribution in [0, 0.1) is 0 Å². The smallest absolute Gasteiger partial charge is 0.339 e. The monoisotopic (exact) mass is 160 g/mol. The highest BCUT2D eigenvalue weighted by Crippen LogP contribution is 2.04. The average molecular weight is 160 g/mol. The highest BCUT2D eigenvalue weighted by Gasteiger charge is 2.39. The molecule has 0 saturated carbocycles. The lowest BCUT2D eigenvalue weighted by atomic mass is 10.2. The Morgan fingerprint density at radius 2 is 2.45 bits per heavy atom. The number of carbonyl (C=O) groups excluding carboxylic acids is 2. The lowest BCUT2D eigenvalue weighted by Crippen LogP contribution is -2.41. The molecule has 2 unspecified atom stereocenters. The normalized spacial score (nSPS) is 29.8. The van der Waals surface area contributed by atoms with Gasteiger partial charge in [0.25, 0.3) is 5.91 Å². The van der Waals surface area contributed by atoms with Crippen LogP contribution in [0.4, 0.5) is 0 Å². The summed E-state index contributed by atoms with van der Waals surface area (Å²) in [6.07, 6.45) is -1.02. The van der Waals surface area contributed by atoms with Gasteiger partial charge >= 0.3 is 5.97 Å². The van der Waals surface area contributed by atoms with Crippen molar-refractivity contribution < 1.29 is 19.2 Å². The van der Waals surface area contributed by atoms with E-state index in [1.807, 2.05) is 5.48 Å². The summed E-state index contributed by atoms with van der Waals surface area (Å²) in [5.74, 6) is -1.17. The molecule has 1 fully saturated rings. The van der Waals surface area contributed by atoms with Crippen molar-refractivity contribution in [2.24, 2.45) is 5.73 Å². The minimum absolute atomic E-state index is 0.514. The van der Waals surface area contributed by atoms with E-state index in [2.05, 4.69) is 9.57 Å². The fraction of sp³-hybridized carbons (Fsp3) is 0.600. The molecule has 0 aliphatic carbocycles. The van der Waals surface area contributed by atoms with Crippen LogP contribution in [-0.2, 0) is 19.2 Å². The van der Waals surface area contributed by atoms with Crippen molar-refractivity contribution in [2.45, 2.75) is 12.1 Å². The molecule has 11 heavy (non-hydrogen) atoms. The number of amides is 1. The van der Waals surface area contributed by atoms with Crippen LogP contribution < -0.4 is 11.2 Å². The molecule has 1 saturated heterocycles. The molecule has 1 heterocycles. The Kier molecular flexibility index (Phi) is 2.06. The second-order valence-corrected chi connectivity index (χ2v) is 2.05. The Morgan fingerprint density at radius 3 is 2.82 bits per heavy atom. The Morgan fingerprint density at radius 1 is 1.82 bits per heavy atom. The summed E-state index contributed by atoms with van der Waals surface area (Å²) < 4.78 is 4.32. The van der Waals surface area contributed by atoms with E-state index in [0.717, 1.165) is 0 Å². The standard InChI is InChI=1S/C5H8N2O4/c1-10-5(9)3-2(6)4(8)7-11-3/h2-3H,6H2,1H3,(H,7,8). The topological polar surface area (TPSA) is 90.6 Å². The molecule has 2 atom stereocenters. The molecule has 0 bridgehead atoms. The number of nitrogens with one attached hydrogen (secondary N) is 1. The highest BCUT2D eigenvalue weighted by atomic mass is 16.7. The van der Waals surface area contributed by atoms with Gasteiger partial charge in [0.1, 0.15) is 6.04 Å². The zero-order chi connectivity index (χ0) is 8.43. The van der Waals surface area contributed by atoms with Crippen LogP contribution in [0.3, 0.4) is 0 Å². The van der Waals surface area contributed by atoms with Gasteiger partial charge in [-0.1, -0.05) is 0 Å². The van der Waals surface area contributed by atoms with Gasteiger partial charge in [0, 0.05) is 0 Å².